The second kappa shape index (κ2) is 5.36. The van der Waals surface area contributed by atoms with Crippen LogP contribution in [0.3, 0.4) is 0 Å². The van der Waals surface area contributed by atoms with Crippen molar-refractivity contribution in [1.29, 1.82) is 0 Å². The summed E-state index contributed by atoms with van der Waals surface area (Å²) in [6.45, 7) is 0.0433. The van der Waals surface area contributed by atoms with Crippen molar-refractivity contribution < 1.29 is 24.2 Å². The van der Waals surface area contributed by atoms with Crippen molar-refractivity contribution in [3.63, 3.8) is 0 Å². The first-order chi connectivity index (χ1) is 9.02. The lowest BCUT2D eigenvalue weighted by molar-refractivity contribution is -0.148. The molecule has 2 atom stereocenters. The summed E-state index contributed by atoms with van der Waals surface area (Å²) in [5, 5.41) is 18.3. The quantitative estimate of drug-likeness (QED) is 0.845. The van der Waals surface area contributed by atoms with E-state index in [1.807, 2.05) is 0 Å². The van der Waals surface area contributed by atoms with Gasteiger partial charge in [0.05, 0.1) is 0 Å². The largest absolute Gasteiger partial charge is 0.479 e. The topological polar surface area (TPSA) is 77.8 Å². The number of nitrogens with zero attached hydrogens (tertiary/aromatic N) is 1. The molecule has 1 saturated heterocycles. The van der Waals surface area contributed by atoms with Crippen LogP contribution in [0.4, 0.5) is 4.39 Å². The molecular weight excluding hydrogens is 253 g/mol. The van der Waals surface area contributed by atoms with Crippen LogP contribution in [0.5, 0.6) is 0 Å². The van der Waals surface area contributed by atoms with Crippen molar-refractivity contribution in [2.24, 2.45) is 5.92 Å². The van der Waals surface area contributed by atoms with E-state index in [0.717, 1.165) is 12.1 Å². The van der Waals surface area contributed by atoms with Crippen molar-refractivity contribution in [3.8, 4) is 0 Å². The Labute approximate surface area is 109 Å². The van der Waals surface area contributed by atoms with Gasteiger partial charge in [-0.15, -0.1) is 0 Å². The van der Waals surface area contributed by atoms with Crippen LogP contribution in [0.2, 0.25) is 0 Å². The van der Waals surface area contributed by atoms with Crippen LogP contribution in [-0.4, -0.2) is 40.1 Å². The Balaban J connectivity index is 2.28. The van der Waals surface area contributed by atoms with Crippen molar-refractivity contribution in [2.45, 2.75) is 12.5 Å². The Morgan fingerprint density at radius 3 is 2.53 bits per heavy atom. The number of carbonyl (C=O) groups excluding carboxylic acids is 1. The maximum Gasteiger partial charge on any atom is 0.331 e. The number of amides is 1. The maximum atomic E-state index is 12.9. The molecule has 0 aliphatic carbocycles. The molecule has 2 N–H and O–H groups in total. The highest BCUT2D eigenvalue weighted by molar-refractivity contribution is 5.86. The van der Waals surface area contributed by atoms with E-state index in [4.69, 9.17) is 5.11 Å². The lowest BCUT2D eigenvalue weighted by Crippen LogP contribution is -2.35. The standard InChI is InChI=1S/C13H14FNO4/c14-10-3-1-9(2-4-10)12(13(18)19)15-6-8(7-16)5-11(15)17/h1-4,8,12,16H,5-7H2,(H,18,19)/t8?,12-/m0/s1. The lowest BCUT2D eigenvalue weighted by atomic mass is 10.1. The fourth-order valence-corrected chi connectivity index (χ4v) is 2.28. The van der Waals surface area contributed by atoms with Gasteiger partial charge >= 0.3 is 5.97 Å². The Kier molecular flexibility index (Phi) is 3.80. The number of carboxylic acids is 1. The van der Waals surface area contributed by atoms with Gasteiger partial charge in [-0.25, -0.2) is 9.18 Å². The third-order valence-corrected chi connectivity index (χ3v) is 3.23. The zero-order valence-corrected chi connectivity index (χ0v) is 10.1. The monoisotopic (exact) mass is 267 g/mol. The number of halogens is 1. The third kappa shape index (κ3) is 2.73. The molecule has 1 aromatic rings. The summed E-state index contributed by atoms with van der Waals surface area (Å²) < 4.78 is 12.9. The minimum atomic E-state index is -1.17. The molecule has 1 aromatic carbocycles. The van der Waals surface area contributed by atoms with Gasteiger partial charge in [-0.1, -0.05) is 12.1 Å². The molecule has 0 bridgehead atoms. The molecule has 1 fully saturated rings. The van der Waals surface area contributed by atoms with E-state index < -0.39 is 17.8 Å². The number of rotatable bonds is 4. The summed E-state index contributed by atoms with van der Waals surface area (Å²) in [7, 11) is 0. The zero-order chi connectivity index (χ0) is 14.0. The number of carbonyl (C=O) groups is 2. The zero-order valence-electron chi connectivity index (χ0n) is 10.1. The first-order valence-electron chi connectivity index (χ1n) is 5.91. The van der Waals surface area contributed by atoms with Gasteiger partial charge < -0.3 is 15.1 Å². The van der Waals surface area contributed by atoms with Gasteiger partial charge in [0.25, 0.3) is 0 Å². The smallest absolute Gasteiger partial charge is 0.331 e. The van der Waals surface area contributed by atoms with E-state index in [1.165, 1.54) is 17.0 Å². The van der Waals surface area contributed by atoms with Gasteiger partial charge in [-0.05, 0) is 17.7 Å². The van der Waals surface area contributed by atoms with E-state index in [0.29, 0.717) is 5.56 Å². The van der Waals surface area contributed by atoms with Gasteiger partial charge in [0.15, 0.2) is 6.04 Å². The van der Waals surface area contributed by atoms with E-state index in [-0.39, 0.29) is 31.4 Å². The molecule has 0 aromatic heterocycles. The maximum absolute atomic E-state index is 12.9. The number of benzene rings is 1. The van der Waals surface area contributed by atoms with Crippen LogP contribution >= 0.6 is 0 Å². The van der Waals surface area contributed by atoms with Gasteiger partial charge in [-0.3, -0.25) is 4.79 Å². The van der Waals surface area contributed by atoms with Gasteiger partial charge in [0.1, 0.15) is 5.82 Å². The molecular formula is C13H14FNO4. The highest BCUT2D eigenvalue weighted by Crippen LogP contribution is 2.29. The molecule has 1 unspecified atom stereocenters. The Hall–Kier alpha value is -1.95. The third-order valence-electron chi connectivity index (χ3n) is 3.23. The van der Waals surface area contributed by atoms with Crippen LogP contribution < -0.4 is 0 Å². The van der Waals surface area contributed by atoms with E-state index in [1.54, 1.807) is 0 Å². The number of carboxylic acid groups (broad SMARTS) is 1. The summed E-state index contributed by atoms with van der Waals surface area (Å²) >= 11 is 0. The summed E-state index contributed by atoms with van der Waals surface area (Å²) in [4.78, 5) is 24.4. The second-order valence-electron chi connectivity index (χ2n) is 4.59. The SMILES string of the molecule is O=C(O)[C@H](c1ccc(F)cc1)N1CC(CO)CC1=O. The molecule has 102 valence electrons. The fraction of sp³-hybridized carbons (Fsp3) is 0.385. The van der Waals surface area contributed by atoms with Crippen molar-refractivity contribution in [2.75, 3.05) is 13.2 Å². The Morgan fingerprint density at radius 2 is 2.05 bits per heavy atom. The normalized spacial score (nSPS) is 20.6. The van der Waals surface area contributed by atoms with Crippen LogP contribution in [-0.2, 0) is 9.59 Å². The van der Waals surface area contributed by atoms with Crippen LogP contribution in [0.15, 0.2) is 24.3 Å². The average Bonchev–Trinajstić information content (AvgIpc) is 2.73. The predicted molar refractivity (Wildman–Crippen MR) is 63.7 cm³/mol. The highest BCUT2D eigenvalue weighted by atomic mass is 19.1. The van der Waals surface area contributed by atoms with Crippen LogP contribution in [0, 0.1) is 11.7 Å². The van der Waals surface area contributed by atoms with Gasteiger partial charge in [0, 0.05) is 25.5 Å². The lowest BCUT2D eigenvalue weighted by Gasteiger charge is -2.25. The molecule has 0 saturated carbocycles. The summed E-state index contributed by atoms with van der Waals surface area (Å²) in [5.74, 6) is -2.18. The summed E-state index contributed by atoms with van der Waals surface area (Å²) in [6, 6.07) is 3.90. The number of hydrogen-bond donors (Lipinski definition) is 2. The summed E-state index contributed by atoms with van der Waals surface area (Å²) in [6.07, 6.45) is 0.140. The second-order valence-corrected chi connectivity index (χ2v) is 4.59. The molecule has 1 amide bonds. The first-order valence-corrected chi connectivity index (χ1v) is 5.91. The molecule has 0 spiro atoms. The van der Waals surface area contributed by atoms with Crippen LogP contribution in [0.25, 0.3) is 0 Å². The van der Waals surface area contributed by atoms with Gasteiger partial charge in [-0.2, -0.15) is 0 Å². The molecule has 1 aliphatic rings. The number of likely N-dealkylation sites (tertiary alicyclic amines) is 1. The van der Waals surface area contributed by atoms with E-state index in [9.17, 15) is 19.1 Å². The van der Waals surface area contributed by atoms with Crippen molar-refractivity contribution in [3.05, 3.63) is 35.6 Å². The van der Waals surface area contributed by atoms with Gasteiger partial charge in [0.2, 0.25) is 5.91 Å². The van der Waals surface area contributed by atoms with Crippen molar-refractivity contribution >= 4 is 11.9 Å². The number of aliphatic hydroxyl groups is 1. The van der Waals surface area contributed by atoms with E-state index in [2.05, 4.69) is 0 Å². The molecule has 0 radical (unpaired) electrons. The van der Waals surface area contributed by atoms with E-state index >= 15 is 0 Å². The Bertz CT molecular complexity index is 488. The molecule has 2 rings (SSSR count). The van der Waals surface area contributed by atoms with Crippen LogP contribution in [0.1, 0.15) is 18.0 Å². The summed E-state index contributed by atoms with van der Waals surface area (Å²) in [5.41, 5.74) is 0.348. The molecule has 19 heavy (non-hydrogen) atoms. The minimum absolute atomic E-state index is 0.140. The first kappa shape index (κ1) is 13.5. The minimum Gasteiger partial charge on any atom is -0.479 e. The molecule has 1 aliphatic heterocycles. The molecule has 1 heterocycles. The number of hydrogen-bond acceptors (Lipinski definition) is 3. The average molecular weight is 267 g/mol. The number of aliphatic carboxylic acids is 1. The predicted octanol–water partition coefficient (Wildman–Crippen LogP) is 0.792. The Morgan fingerprint density at radius 1 is 1.42 bits per heavy atom. The fourth-order valence-electron chi connectivity index (χ4n) is 2.28. The highest BCUT2D eigenvalue weighted by Gasteiger charge is 2.38. The van der Waals surface area contributed by atoms with Crippen molar-refractivity contribution in [1.82, 2.24) is 4.90 Å². The number of aliphatic hydroxyl groups excluding tert-OH is 1. The molecule has 6 heteroatoms. The molecule has 5 nitrogen and oxygen atoms in total.